The average Bonchev–Trinajstić information content (AvgIpc) is 2.41. The number of carboxylic acids is 1. The number of carbonyl (C=O) groups is 1. The van der Waals surface area contributed by atoms with Crippen LogP contribution in [0.5, 0.6) is 0 Å². The van der Waals surface area contributed by atoms with E-state index in [2.05, 4.69) is 5.32 Å². The first-order valence-electron chi connectivity index (χ1n) is 5.40. The van der Waals surface area contributed by atoms with E-state index in [1.165, 1.54) is 6.07 Å². The molecule has 94 valence electrons. The summed E-state index contributed by atoms with van der Waals surface area (Å²) in [5.41, 5.74) is 1.78. The van der Waals surface area contributed by atoms with Crippen molar-refractivity contribution in [1.29, 1.82) is 5.26 Å². The van der Waals surface area contributed by atoms with Gasteiger partial charge >= 0.3 is 5.97 Å². The van der Waals surface area contributed by atoms with Gasteiger partial charge in [-0.05, 0) is 42.5 Å². The highest BCUT2D eigenvalue weighted by Gasteiger charge is 2.10. The molecule has 2 aromatic carbocycles. The average molecular weight is 273 g/mol. The number of nitriles is 1. The smallest absolute Gasteiger partial charge is 0.337 e. The zero-order valence-electron chi connectivity index (χ0n) is 9.72. The summed E-state index contributed by atoms with van der Waals surface area (Å²) in [4.78, 5) is 11.1. The molecule has 2 aromatic rings. The number of rotatable bonds is 3. The van der Waals surface area contributed by atoms with Crippen molar-refractivity contribution >= 4 is 28.9 Å². The van der Waals surface area contributed by atoms with Gasteiger partial charge in [-0.3, -0.25) is 0 Å². The van der Waals surface area contributed by atoms with Crippen LogP contribution in [0.3, 0.4) is 0 Å². The van der Waals surface area contributed by atoms with E-state index in [0.717, 1.165) is 0 Å². The Morgan fingerprint density at radius 1 is 1.21 bits per heavy atom. The van der Waals surface area contributed by atoms with Crippen molar-refractivity contribution in [2.75, 3.05) is 5.32 Å². The maximum atomic E-state index is 11.1. The van der Waals surface area contributed by atoms with Crippen molar-refractivity contribution in [2.45, 2.75) is 0 Å². The first-order valence-corrected chi connectivity index (χ1v) is 5.78. The molecule has 0 aliphatic carbocycles. The number of hydrogen-bond donors (Lipinski definition) is 2. The van der Waals surface area contributed by atoms with Gasteiger partial charge in [-0.1, -0.05) is 11.6 Å². The molecule has 2 N–H and O–H groups in total. The van der Waals surface area contributed by atoms with Crippen LogP contribution in [0.15, 0.2) is 42.5 Å². The molecule has 0 saturated heterocycles. The van der Waals surface area contributed by atoms with Gasteiger partial charge in [0.25, 0.3) is 0 Å². The second-order valence-electron chi connectivity index (χ2n) is 3.81. The quantitative estimate of drug-likeness (QED) is 0.894. The van der Waals surface area contributed by atoms with Gasteiger partial charge in [0.05, 0.1) is 22.9 Å². The number of carboxylic acid groups (broad SMARTS) is 1. The maximum absolute atomic E-state index is 11.1. The molecule has 0 bridgehead atoms. The Bertz CT molecular complexity index is 660. The normalized spacial score (nSPS) is 9.68. The Morgan fingerprint density at radius 2 is 1.89 bits per heavy atom. The summed E-state index contributed by atoms with van der Waals surface area (Å²) in [6.07, 6.45) is 0. The Hall–Kier alpha value is -2.51. The molecule has 0 aliphatic heterocycles. The van der Waals surface area contributed by atoms with Crippen molar-refractivity contribution in [3.8, 4) is 6.07 Å². The van der Waals surface area contributed by atoms with Gasteiger partial charge in [-0.15, -0.1) is 0 Å². The van der Waals surface area contributed by atoms with Crippen LogP contribution in [-0.4, -0.2) is 11.1 Å². The minimum Gasteiger partial charge on any atom is -0.478 e. The number of nitrogens with one attached hydrogen (secondary N) is 1. The number of halogens is 1. The van der Waals surface area contributed by atoms with Crippen LogP contribution in [-0.2, 0) is 0 Å². The third-order valence-corrected chi connectivity index (χ3v) is 2.74. The predicted octanol–water partition coefficient (Wildman–Crippen LogP) is 3.65. The Morgan fingerprint density at radius 3 is 2.47 bits per heavy atom. The van der Waals surface area contributed by atoms with E-state index in [-0.39, 0.29) is 5.56 Å². The molecule has 0 heterocycles. The molecule has 0 saturated carbocycles. The second kappa shape index (κ2) is 5.42. The standard InChI is InChI=1S/C14H9ClN2O2/c15-10-3-6-13(12(7-10)14(18)19)17-11-4-1-9(8-16)2-5-11/h1-7,17H,(H,18,19). The van der Waals surface area contributed by atoms with Crippen molar-refractivity contribution in [2.24, 2.45) is 0 Å². The number of anilines is 2. The maximum Gasteiger partial charge on any atom is 0.337 e. The van der Waals surface area contributed by atoms with E-state index in [4.69, 9.17) is 22.0 Å². The lowest BCUT2D eigenvalue weighted by molar-refractivity contribution is 0.0698. The summed E-state index contributed by atoms with van der Waals surface area (Å²) in [6.45, 7) is 0. The summed E-state index contributed by atoms with van der Waals surface area (Å²) in [5.74, 6) is -1.06. The molecule has 0 fully saturated rings. The van der Waals surface area contributed by atoms with Crippen LogP contribution in [0.2, 0.25) is 5.02 Å². The van der Waals surface area contributed by atoms with Crippen LogP contribution < -0.4 is 5.32 Å². The molecule has 2 rings (SSSR count). The lowest BCUT2D eigenvalue weighted by Crippen LogP contribution is -2.02. The zero-order chi connectivity index (χ0) is 13.8. The van der Waals surface area contributed by atoms with E-state index in [1.807, 2.05) is 6.07 Å². The molecule has 0 aliphatic rings. The molecule has 5 heteroatoms. The van der Waals surface area contributed by atoms with E-state index in [0.29, 0.717) is 22.0 Å². The monoisotopic (exact) mass is 272 g/mol. The molecule has 0 unspecified atom stereocenters. The SMILES string of the molecule is N#Cc1ccc(Nc2ccc(Cl)cc2C(=O)O)cc1. The molecule has 0 atom stereocenters. The zero-order valence-corrected chi connectivity index (χ0v) is 10.5. The lowest BCUT2D eigenvalue weighted by atomic mass is 10.1. The minimum atomic E-state index is -1.06. The Balaban J connectivity index is 2.32. The van der Waals surface area contributed by atoms with Crippen LogP contribution >= 0.6 is 11.6 Å². The van der Waals surface area contributed by atoms with Crippen LogP contribution in [0, 0.1) is 11.3 Å². The van der Waals surface area contributed by atoms with Crippen LogP contribution in [0.25, 0.3) is 0 Å². The summed E-state index contributed by atoms with van der Waals surface area (Å²) in [6, 6.07) is 13.3. The van der Waals surface area contributed by atoms with Crippen molar-refractivity contribution in [3.05, 3.63) is 58.6 Å². The number of hydrogen-bond acceptors (Lipinski definition) is 3. The molecule has 0 aromatic heterocycles. The van der Waals surface area contributed by atoms with Gasteiger partial charge in [0, 0.05) is 10.7 Å². The summed E-state index contributed by atoms with van der Waals surface area (Å²) < 4.78 is 0. The molecule has 4 nitrogen and oxygen atoms in total. The summed E-state index contributed by atoms with van der Waals surface area (Å²) >= 11 is 5.78. The fourth-order valence-corrected chi connectivity index (χ4v) is 1.76. The van der Waals surface area contributed by atoms with Gasteiger partial charge in [-0.2, -0.15) is 5.26 Å². The highest BCUT2D eigenvalue weighted by Crippen LogP contribution is 2.24. The van der Waals surface area contributed by atoms with E-state index < -0.39 is 5.97 Å². The van der Waals surface area contributed by atoms with E-state index in [9.17, 15) is 4.79 Å². The highest BCUT2D eigenvalue weighted by molar-refractivity contribution is 6.31. The van der Waals surface area contributed by atoms with Gasteiger partial charge in [0.2, 0.25) is 0 Å². The third kappa shape index (κ3) is 3.03. The molecule has 0 spiro atoms. The molecular weight excluding hydrogens is 264 g/mol. The van der Waals surface area contributed by atoms with Crippen molar-refractivity contribution < 1.29 is 9.90 Å². The molecular formula is C14H9ClN2O2. The van der Waals surface area contributed by atoms with E-state index in [1.54, 1.807) is 36.4 Å². The third-order valence-electron chi connectivity index (χ3n) is 2.51. The largest absolute Gasteiger partial charge is 0.478 e. The molecule has 0 radical (unpaired) electrons. The highest BCUT2D eigenvalue weighted by atomic mass is 35.5. The molecule has 0 amide bonds. The number of aromatic carboxylic acids is 1. The summed E-state index contributed by atoms with van der Waals surface area (Å²) in [5, 5.41) is 21.2. The molecule has 19 heavy (non-hydrogen) atoms. The lowest BCUT2D eigenvalue weighted by Gasteiger charge is -2.10. The predicted molar refractivity (Wildman–Crippen MR) is 72.9 cm³/mol. The fraction of sp³-hybridized carbons (Fsp3) is 0. The Kier molecular flexibility index (Phi) is 3.69. The van der Waals surface area contributed by atoms with E-state index >= 15 is 0 Å². The van der Waals surface area contributed by atoms with Crippen LogP contribution in [0.4, 0.5) is 11.4 Å². The van der Waals surface area contributed by atoms with Crippen LogP contribution in [0.1, 0.15) is 15.9 Å². The van der Waals surface area contributed by atoms with Gasteiger partial charge in [0.15, 0.2) is 0 Å². The Labute approximate surface area is 114 Å². The van der Waals surface area contributed by atoms with Gasteiger partial charge < -0.3 is 10.4 Å². The topological polar surface area (TPSA) is 73.1 Å². The van der Waals surface area contributed by atoms with Gasteiger partial charge in [0.1, 0.15) is 0 Å². The first kappa shape index (κ1) is 12.9. The van der Waals surface area contributed by atoms with Crippen molar-refractivity contribution in [1.82, 2.24) is 0 Å². The van der Waals surface area contributed by atoms with Crippen molar-refractivity contribution in [3.63, 3.8) is 0 Å². The minimum absolute atomic E-state index is 0.0943. The van der Waals surface area contributed by atoms with Gasteiger partial charge in [-0.25, -0.2) is 4.79 Å². The second-order valence-corrected chi connectivity index (χ2v) is 4.25. The fourth-order valence-electron chi connectivity index (χ4n) is 1.59. The number of benzene rings is 2. The summed E-state index contributed by atoms with van der Waals surface area (Å²) in [7, 11) is 0. The first-order chi connectivity index (χ1) is 9.10. The number of nitrogens with zero attached hydrogens (tertiary/aromatic N) is 1.